The summed E-state index contributed by atoms with van der Waals surface area (Å²) in [6, 6.07) is 24.4. The molecule has 0 fully saturated rings. The lowest BCUT2D eigenvalue weighted by molar-refractivity contribution is 0.460. The molecule has 0 spiro atoms. The van der Waals surface area contributed by atoms with Gasteiger partial charge >= 0.3 is 0 Å². The maximum Gasteiger partial charge on any atom is 0.199 e. The van der Waals surface area contributed by atoms with Crippen molar-refractivity contribution in [1.29, 1.82) is 0 Å². The van der Waals surface area contributed by atoms with Gasteiger partial charge in [0.2, 0.25) is 0 Å². The first kappa shape index (κ1) is 19.3. The van der Waals surface area contributed by atoms with Crippen molar-refractivity contribution in [2.75, 3.05) is 5.75 Å². The number of aromatic nitrogens is 2. The average Bonchev–Trinajstić information content (AvgIpc) is 3.13. The standard InChI is InChI=1S/C25H20N2O3S/c1-2-31(29,30)19-8-5-7-17(14-19)18-11-12-22-20(15-18)24(25(28)27-22)23-13-10-16-6-3-4-9-21(16)26-23/h3-15,27-28H,2H2,1H3. The van der Waals surface area contributed by atoms with E-state index in [4.69, 9.17) is 4.98 Å². The summed E-state index contributed by atoms with van der Waals surface area (Å²) in [5, 5.41) is 12.5. The molecule has 2 aromatic heterocycles. The summed E-state index contributed by atoms with van der Waals surface area (Å²) in [5.74, 6) is 0.108. The minimum absolute atomic E-state index is 0.0530. The molecule has 0 unspecified atom stereocenters. The molecule has 0 saturated carbocycles. The van der Waals surface area contributed by atoms with Crippen LogP contribution < -0.4 is 0 Å². The van der Waals surface area contributed by atoms with Crippen LogP contribution in [0.2, 0.25) is 0 Å². The molecule has 31 heavy (non-hydrogen) atoms. The van der Waals surface area contributed by atoms with Gasteiger partial charge in [-0.2, -0.15) is 0 Å². The summed E-state index contributed by atoms with van der Waals surface area (Å²) in [5.41, 5.74) is 4.59. The number of aromatic amines is 1. The van der Waals surface area contributed by atoms with Crippen molar-refractivity contribution in [3.05, 3.63) is 78.9 Å². The Balaban J connectivity index is 1.68. The van der Waals surface area contributed by atoms with Crippen LogP contribution in [-0.2, 0) is 9.84 Å². The Hall–Kier alpha value is -3.64. The molecule has 0 radical (unpaired) electrons. The minimum Gasteiger partial charge on any atom is -0.494 e. The van der Waals surface area contributed by atoms with E-state index < -0.39 is 9.84 Å². The van der Waals surface area contributed by atoms with Crippen molar-refractivity contribution in [2.45, 2.75) is 11.8 Å². The van der Waals surface area contributed by atoms with Gasteiger partial charge < -0.3 is 10.1 Å². The van der Waals surface area contributed by atoms with E-state index in [1.54, 1.807) is 25.1 Å². The van der Waals surface area contributed by atoms with Gasteiger partial charge in [0, 0.05) is 16.3 Å². The van der Waals surface area contributed by atoms with E-state index in [1.165, 1.54) is 0 Å². The first-order valence-corrected chi connectivity index (χ1v) is 11.7. The van der Waals surface area contributed by atoms with Crippen LogP contribution in [0.15, 0.2) is 83.8 Å². The largest absolute Gasteiger partial charge is 0.494 e. The number of nitrogens with one attached hydrogen (secondary N) is 1. The Kier molecular flexibility index (Phi) is 4.52. The molecule has 0 aliphatic heterocycles. The van der Waals surface area contributed by atoms with Crippen molar-refractivity contribution in [3.63, 3.8) is 0 Å². The third-order valence-electron chi connectivity index (χ3n) is 5.54. The lowest BCUT2D eigenvalue weighted by Crippen LogP contribution is -2.03. The molecule has 2 N–H and O–H groups in total. The third kappa shape index (κ3) is 3.35. The fourth-order valence-corrected chi connectivity index (χ4v) is 4.78. The van der Waals surface area contributed by atoms with Crippen LogP contribution in [0, 0.1) is 0 Å². The minimum atomic E-state index is -3.30. The Morgan fingerprint density at radius 3 is 2.55 bits per heavy atom. The smallest absolute Gasteiger partial charge is 0.199 e. The maximum absolute atomic E-state index is 12.3. The van der Waals surface area contributed by atoms with Crippen molar-refractivity contribution in [1.82, 2.24) is 9.97 Å². The van der Waals surface area contributed by atoms with Gasteiger partial charge in [0.05, 0.1) is 27.4 Å². The zero-order valence-corrected chi connectivity index (χ0v) is 17.6. The van der Waals surface area contributed by atoms with Gasteiger partial charge in [-0.25, -0.2) is 13.4 Å². The summed E-state index contributed by atoms with van der Waals surface area (Å²) in [4.78, 5) is 8.05. The van der Waals surface area contributed by atoms with Crippen molar-refractivity contribution in [2.24, 2.45) is 0 Å². The van der Waals surface area contributed by atoms with Gasteiger partial charge in [-0.15, -0.1) is 0 Å². The highest BCUT2D eigenvalue weighted by atomic mass is 32.2. The molecule has 0 aliphatic carbocycles. The van der Waals surface area contributed by atoms with Crippen molar-refractivity contribution >= 4 is 31.6 Å². The molecule has 0 bridgehead atoms. The fourth-order valence-electron chi connectivity index (χ4n) is 3.86. The van der Waals surface area contributed by atoms with Gasteiger partial charge in [0.1, 0.15) is 0 Å². The molecule has 0 aliphatic rings. The number of hydrogen-bond donors (Lipinski definition) is 2. The topological polar surface area (TPSA) is 83.0 Å². The number of para-hydroxylation sites is 1. The number of nitrogens with zero attached hydrogens (tertiary/aromatic N) is 1. The second-order valence-corrected chi connectivity index (χ2v) is 9.71. The van der Waals surface area contributed by atoms with Crippen LogP contribution >= 0.6 is 0 Å². The maximum atomic E-state index is 12.3. The predicted octanol–water partition coefficient (Wildman–Crippen LogP) is 5.55. The van der Waals surface area contributed by atoms with Crippen LogP contribution in [0.5, 0.6) is 5.88 Å². The van der Waals surface area contributed by atoms with Gasteiger partial charge in [-0.1, -0.05) is 49.4 Å². The number of pyridine rings is 1. The molecule has 0 amide bonds. The Bertz CT molecular complexity index is 1550. The predicted molar refractivity (Wildman–Crippen MR) is 124 cm³/mol. The van der Waals surface area contributed by atoms with E-state index >= 15 is 0 Å². The number of benzene rings is 3. The van der Waals surface area contributed by atoms with Gasteiger partial charge in [0.15, 0.2) is 15.7 Å². The van der Waals surface area contributed by atoms with Crippen LogP contribution in [0.4, 0.5) is 0 Å². The number of hydrogen-bond acceptors (Lipinski definition) is 4. The molecule has 0 atom stereocenters. The number of sulfone groups is 1. The normalized spacial score (nSPS) is 11.9. The second-order valence-electron chi connectivity index (χ2n) is 7.43. The molecule has 2 heterocycles. The fraction of sp³-hybridized carbons (Fsp3) is 0.0800. The summed E-state index contributed by atoms with van der Waals surface area (Å²) in [7, 11) is -3.30. The summed E-state index contributed by atoms with van der Waals surface area (Å²) >= 11 is 0. The Morgan fingerprint density at radius 1 is 0.903 bits per heavy atom. The number of fused-ring (bicyclic) bond motifs is 2. The lowest BCUT2D eigenvalue weighted by Gasteiger charge is -2.07. The number of rotatable bonds is 4. The van der Waals surface area contributed by atoms with Crippen molar-refractivity contribution in [3.8, 4) is 28.3 Å². The zero-order chi connectivity index (χ0) is 21.6. The van der Waals surface area contributed by atoms with E-state index in [1.807, 2.05) is 60.7 Å². The van der Waals surface area contributed by atoms with Gasteiger partial charge in [-0.3, -0.25) is 0 Å². The first-order chi connectivity index (χ1) is 15.0. The summed E-state index contributed by atoms with van der Waals surface area (Å²) in [6.45, 7) is 1.64. The molecule has 5 nitrogen and oxygen atoms in total. The molecule has 6 heteroatoms. The van der Waals surface area contributed by atoms with E-state index in [0.717, 1.165) is 32.9 Å². The van der Waals surface area contributed by atoms with Crippen LogP contribution in [0.25, 0.3) is 44.2 Å². The van der Waals surface area contributed by atoms with Crippen molar-refractivity contribution < 1.29 is 13.5 Å². The molecule has 0 saturated heterocycles. The first-order valence-electron chi connectivity index (χ1n) is 10.0. The molecule has 5 aromatic rings. The van der Waals surface area contributed by atoms with Crippen LogP contribution in [0.3, 0.4) is 0 Å². The quantitative estimate of drug-likeness (QED) is 0.393. The van der Waals surface area contributed by atoms with Gasteiger partial charge in [-0.05, 0) is 47.5 Å². The molecular weight excluding hydrogens is 408 g/mol. The highest BCUT2D eigenvalue weighted by molar-refractivity contribution is 7.91. The average molecular weight is 429 g/mol. The molecular formula is C25H20N2O3S. The highest BCUT2D eigenvalue weighted by Gasteiger charge is 2.17. The number of H-pyrrole nitrogens is 1. The molecule has 154 valence electrons. The highest BCUT2D eigenvalue weighted by Crippen LogP contribution is 2.38. The Morgan fingerprint density at radius 2 is 1.71 bits per heavy atom. The van der Waals surface area contributed by atoms with Crippen LogP contribution in [0.1, 0.15) is 6.92 Å². The zero-order valence-electron chi connectivity index (χ0n) is 16.8. The second kappa shape index (κ2) is 7.25. The number of aromatic hydroxyl groups is 1. The van der Waals surface area contributed by atoms with E-state index in [2.05, 4.69) is 4.98 Å². The van der Waals surface area contributed by atoms with E-state index in [9.17, 15) is 13.5 Å². The summed E-state index contributed by atoms with van der Waals surface area (Å²) < 4.78 is 24.6. The third-order valence-corrected chi connectivity index (χ3v) is 7.27. The van der Waals surface area contributed by atoms with Gasteiger partial charge in [0.25, 0.3) is 0 Å². The SMILES string of the molecule is CCS(=O)(=O)c1cccc(-c2ccc3[nH]c(O)c(-c4ccc5ccccc5n4)c3c2)c1. The van der Waals surface area contributed by atoms with Crippen LogP contribution in [-0.4, -0.2) is 29.2 Å². The Labute approximate surface area is 179 Å². The van der Waals surface area contributed by atoms with E-state index in [-0.39, 0.29) is 11.6 Å². The van der Waals surface area contributed by atoms with E-state index in [0.29, 0.717) is 16.2 Å². The molecule has 3 aromatic carbocycles. The summed E-state index contributed by atoms with van der Waals surface area (Å²) in [6.07, 6.45) is 0. The lowest BCUT2D eigenvalue weighted by atomic mass is 10.0. The molecule has 5 rings (SSSR count). The monoisotopic (exact) mass is 428 g/mol.